The van der Waals surface area contributed by atoms with Gasteiger partial charge in [-0.15, -0.1) is 0 Å². The summed E-state index contributed by atoms with van der Waals surface area (Å²) in [5.74, 6) is 0.716. The van der Waals surface area contributed by atoms with E-state index in [1.807, 2.05) is 6.07 Å². The van der Waals surface area contributed by atoms with Crippen LogP contribution < -0.4 is 5.32 Å². The Morgan fingerprint density at radius 1 is 1.43 bits per heavy atom. The fourth-order valence-corrected chi connectivity index (χ4v) is 3.70. The maximum atomic E-state index is 12.5. The first-order valence-electron chi connectivity index (χ1n) is 8.63. The molecule has 1 saturated heterocycles. The van der Waals surface area contributed by atoms with Crippen molar-refractivity contribution in [3.05, 3.63) is 17.5 Å². The van der Waals surface area contributed by atoms with Crippen LogP contribution in [0.5, 0.6) is 0 Å². The number of hydrogen-bond donors (Lipinski definition) is 2. The van der Waals surface area contributed by atoms with Gasteiger partial charge >= 0.3 is 0 Å². The monoisotopic (exact) mass is 316 g/mol. The standard InChI is InChI=1S/C17H24N4O2/c1-10(2)13-7-14(20-19-13)16(23)21-6-3-11(9-21)18-15(22)12-8-17(12)4-5-17/h7,10-12H,3-6,8-9H2,1-2H3,(H,18,22)(H,19,20). The third-order valence-corrected chi connectivity index (χ3v) is 5.66. The van der Waals surface area contributed by atoms with E-state index >= 15 is 0 Å². The van der Waals surface area contributed by atoms with Crippen molar-refractivity contribution in [1.29, 1.82) is 0 Å². The molecule has 2 N–H and O–H groups in total. The van der Waals surface area contributed by atoms with Crippen LogP contribution in [0.2, 0.25) is 0 Å². The van der Waals surface area contributed by atoms with Crippen molar-refractivity contribution < 1.29 is 9.59 Å². The molecule has 4 rings (SSSR count). The molecule has 1 aromatic rings. The molecule has 6 nitrogen and oxygen atoms in total. The predicted octanol–water partition coefficient (Wildman–Crippen LogP) is 1.66. The number of rotatable bonds is 4. The molecule has 2 heterocycles. The summed E-state index contributed by atoms with van der Waals surface area (Å²) in [5.41, 5.74) is 1.83. The van der Waals surface area contributed by atoms with Gasteiger partial charge in [-0.3, -0.25) is 14.7 Å². The number of hydrogen-bond acceptors (Lipinski definition) is 3. The summed E-state index contributed by atoms with van der Waals surface area (Å²) in [5, 5.41) is 10.2. The van der Waals surface area contributed by atoms with Gasteiger partial charge in [-0.25, -0.2) is 0 Å². The zero-order valence-corrected chi connectivity index (χ0v) is 13.8. The Bertz CT molecular complexity index is 647. The van der Waals surface area contributed by atoms with Gasteiger partial charge in [0.2, 0.25) is 5.91 Å². The Morgan fingerprint density at radius 3 is 2.83 bits per heavy atom. The van der Waals surface area contributed by atoms with E-state index in [2.05, 4.69) is 29.4 Å². The van der Waals surface area contributed by atoms with Crippen molar-refractivity contribution in [2.45, 2.75) is 51.5 Å². The molecule has 1 aromatic heterocycles. The van der Waals surface area contributed by atoms with Gasteiger partial charge in [0.1, 0.15) is 5.69 Å². The second-order valence-corrected chi connectivity index (χ2v) is 7.73. The summed E-state index contributed by atoms with van der Waals surface area (Å²) in [6.45, 7) is 5.40. The Balaban J connectivity index is 1.32. The van der Waals surface area contributed by atoms with Crippen LogP contribution in [-0.4, -0.2) is 46.0 Å². The first-order chi connectivity index (χ1) is 11.0. The van der Waals surface area contributed by atoms with Crippen LogP contribution in [0.25, 0.3) is 0 Å². The maximum absolute atomic E-state index is 12.5. The van der Waals surface area contributed by atoms with Crippen LogP contribution >= 0.6 is 0 Å². The fraction of sp³-hybridized carbons (Fsp3) is 0.706. The van der Waals surface area contributed by atoms with Crippen molar-refractivity contribution in [3.8, 4) is 0 Å². The average molecular weight is 316 g/mol. The molecule has 6 heteroatoms. The van der Waals surface area contributed by atoms with Gasteiger partial charge in [-0.2, -0.15) is 5.10 Å². The van der Waals surface area contributed by atoms with Crippen LogP contribution in [0.15, 0.2) is 6.07 Å². The van der Waals surface area contributed by atoms with E-state index in [0.717, 1.165) is 18.5 Å². The second kappa shape index (κ2) is 5.08. The highest BCUT2D eigenvalue weighted by Crippen LogP contribution is 2.70. The summed E-state index contributed by atoms with van der Waals surface area (Å²) in [6, 6.07) is 1.92. The van der Waals surface area contributed by atoms with Crippen LogP contribution in [0.1, 0.15) is 61.6 Å². The van der Waals surface area contributed by atoms with Gasteiger partial charge in [-0.05, 0) is 43.1 Å². The van der Waals surface area contributed by atoms with Gasteiger partial charge in [-0.1, -0.05) is 13.8 Å². The molecular formula is C17H24N4O2. The Hall–Kier alpha value is -1.85. The topological polar surface area (TPSA) is 78.1 Å². The van der Waals surface area contributed by atoms with E-state index in [4.69, 9.17) is 0 Å². The lowest BCUT2D eigenvalue weighted by Gasteiger charge is -2.16. The molecule has 0 aromatic carbocycles. The van der Waals surface area contributed by atoms with Crippen LogP contribution in [0, 0.1) is 11.3 Å². The lowest BCUT2D eigenvalue weighted by molar-refractivity contribution is -0.123. The first kappa shape index (κ1) is 14.7. The molecule has 0 radical (unpaired) electrons. The second-order valence-electron chi connectivity index (χ2n) is 7.73. The molecule has 1 aliphatic heterocycles. The van der Waals surface area contributed by atoms with E-state index in [-0.39, 0.29) is 23.8 Å². The molecule has 2 aliphatic carbocycles. The van der Waals surface area contributed by atoms with Crippen LogP contribution in [0.4, 0.5) is 0 Å². The number of likely N-dealkylation sites (tertiary alicyclic amines) is 1. The predicted molar refractivity (Wildman–Crippen MR) is 84.9 cm³/mol. The number of aromatic amines is 1. The molecule has 2 atom stereocenters. The van der Waals surface area contributed by atoms with E-state index in [1.54, 1.807) is 4.90 Å². The van der Waals surface area contributed by atoms with Gasteiger partial charge < -0.3 is 10.2 Å². The SMILES string of the molecule is CC(C)c1cc(C(=O)N2CCC(NC(=O)C3CC34CC4)C2)n[nH]1. The largest absolute Gasteiger partial charge is 0.351 e. The Kier molecular flexibility index (Phi) is 3.25. The number of aromatic nitrogens is 2. The number of H-pyrrole nitrogens is 1. The highest BCUT2D eigenvalue weighted by Gasteiger charge is 2.65. The number of carbonyl (C=O) groups excluding carboxylic acids is 2. The van der Waals surface area contributed by atoms with E-state index in [1.165, 1.54) is 12.8 Å². The molecule has 3 aliphatic rings. The quantitative estimate of drug-likeness (QED) is 0.887. The molecule has 2 unspecified atom stereocenters. The molecule has 1 spiro atoms. The third-order valence-electron chi connectivity index (χ3n) is 5.66. The van der Waals surface area contributed by atoms with Crippen molar-refractivity contribution in [2.24, 2.45) is 11.3 Å². The van der Waals surface area contributed by atoms with Gasteiger partial charge in [0, 0.05) is 30.7 Å². The minimum absolute atomic E-state index is 0.0463. The molecular weight excluding hydrogens is 292 g/mol. The average Bonchev–Trinajstić information content (AvgIpc) is 3.30. The van der Waals surface area contributed by atoms with Gasteiger partial charge in [0.25, 0.3) is 5.91 Å². The Labute approximate surface area is 136 Å². The smallest absolute Gasteiger partial charge is 0.274 e. The summed E-state index contributed by atoms with van der Waals surface area (Å²) in [7, 11) is 0. The molecule has 3 fully saturated rings. The number of carbonyl (C=O) groups is 2. The van der Waals surface area contributed by atoms with E-state index < -0.39 is 0 Å². The van der Waals surface area contributed by atoms with E-state index in [9.17, 15) is 9.59 Å². The summed E-state index contributed by atoms with van der Waals surface area (Å²) in [4.78, 5) is 26.5. The minimum atomic E-state index is -0.0463. The zero-order chi connectivity index (χ0) is 16.2. The zero-order valence-electron chi connectivity index (χ0n) is 13.8. The van der Waals surface area contributed by atoms with Crippen molar-refractivity contribution in [3.63, 3.8) is 0 Å². The van der Waals surface area contributed by atoms with Gasteiger partial charge in [0.05, 0.1) is 0 Å². The van der Waals surface area contributed by atoms with Crippen molar-refractivity contribution in [2.75, 3.05) is 13.1 Å². The summed E-state index contributed by atoms with van der Waals surface area (Å²) in [6.07, 6.45) is 4.34. The maximum Gasteiger partial charge on any atom is 0.274 e. The fourth-order valence-electron chi connectivity index (χ4n) is 3.70. The lowest BCUT2D eigenvalue weighted by atomic mass is 10.1. The van der Waals surface area contributed by atoms with Crippen LogP contribution in [0.3, 0.4) is 0 Å². The van der Waals surface area contributed by atoms with Crippen molar-refractivity contribution >= 4 is 11.8 Å². The molecule has 2 saturated carbocycles. The molecule has 23 heavy (non-hydrogen) atoms. The number of nitrogens with zero attached hydrogens (tertiary/aromatic N) is 2. The molecule has 124 valence electrons. The number of amides is 2. The lowest BCUT2D eigenvalue weighted by Crippen LogP contribution is -2.39. The summed E-state index contributed by atoms with van der Waals surface area (Å²) >= 11 is 0. The Morgan fingerprint density at radius 2 is 2.22 bits per heavy atom. The van der Waals surface area contributed by atoms with Crippen molar-refractivity contribution in [1.82, 2.24) is 20.4 Å². The number of nitrogens with one attached hydrogen (secondary N) is 2. The highest BCUT2D eigenvalue weighted by atomic mass is 16.2. The van der Waals surface area contributed by atoms with Crippen LogP contribution in [-0.2, 0) is 4.79 Å². The highest BCUT2D eigenvalue weighted by molar-refractivity contribution is 5.92. The minimum Gasteiger partial charge on any atom is -0.351 e. The summed E-state index contributed by atoms with van der Waals surface area (Å²) < 4.78 is 0. The van der Waals surface area contributed by atoms with E-state index in [0.29, 0.717) is 30.1 Å². The first-order valence-corrected chi connectivity index (χ1v) is 8.63. The molecule has 2 amide bonds. The molecule has 0 bridgehead atoms. The van der Waals surface area contributed by atoms with Gasteiger partial charge in [0.15, 0.2) is 0 Å². The third kappa shape index (κ3) is 2.64. The normalized spacial score (nSPS) is 27.5.